The standard InChI is InChI=1S/C12H26N2O2S/c1-4-12(9-13)17(15,16)14(3)11-7-5-10(2)6-8-11/h10-12H,4-9,13H2,1-3H3. The summed E-state index contributed by atoms with van der Waals surface area (Å²) in [6.45, 7) is 4.33. The highest BCUT2D eigenvalue weighted by Gasteiger charge is 2.33. The Balaban J connectivity index is 2.71. The zero-order valence-electron chi connectivity index (χ0n) is 11.2. The molecule has 1 fully saturated rings. The van der Waals surface area contributed by atoms with Gasteiger partial charge in [0.2, 0.25) is 10.0 Å². The first-order valence-electron chi connectivity index (χ1n) is 6.60. The molecular weight excluding hydrogens is 236 g/mol. The van der Waals surface area contributed by atoms with Gasteiger partial charge < -0.3 is 5.73 Å². The van der Waals surface area contributed by atoms with Crippen LogP contribution < -0.4 is 5.73 Å². The summed E-state index contributed by atoms with van der Waals surface area (Å²) in [5.74, 6) is 0.735. The van der Waals surface area contributed by atoms with Crippen LogP contribution in [0.3, 0.4) is 0 Å². The van der Waals surface area contributed by atoms with Crippen molar-refractivity contribution in [2.75, 3.05) is 13.6 Å². The van der Waals surface area contributed by atoms with Crippen molar-refractivity contribution < 1.29 is 8.42 Å². The van der Waals surface area contributed by atoms with Gasteiger partial charge in [0.1, 0.15) is 0 Å². The molecule has 17 heavy (non-hydrogen) atoms. The van der Waals surface area contributed by atoms with E-state index in [9.17, 15) is 8.42 Å². The Morgan fingerprint density at radius 1 is 1.29 bits per heavy atom. The summed E-state index contributed by atoms with van der Waals surface area (Å²) < 4.78 is 26.2. The molecule has 0 saturated heterocycles. The van der Waals surface area contributed by atoms with Crippen molar-refractivity contribution in [2.45, 2.75) is 57.2 Å². The minimum atomic E-state index is -3.21. The topological polar surface area (TPSA) is 63.4 Å². The number of sulfonamides is 1. The molecule has 1 rings (SSSR count). The lowest BCUT2D eigenvalue weighted by Gasteiger charge is -2.34. The van der Waals surface area contributed by atoms with E-state index < -0.39 is 15.3 Å². The Hall–Kier alpha value is -0.130. The maximum atomic E-state index is 12.3. The van der Waals surface area contributed by atoms with E-state index >= 15 is 0 Å². The average Bonchev–Trinajstić information content (AvgIpc) is 2.30. The lowest BCUT2D eigenvalue weighted by Crippen LogP contribution is -2.46. The fourth-order valence-electron chi connectivity index (χ4n) is 2.55. The van der Waals surface area contributed by atoms with Crippen molar-refractivity contribution in [3.63, 3.8) is 0 Å². The summed E-state index contributed by atoms with van der Waals surface area (Å²) in [6, 6.07) is 0.178. The van der Waals surface area contributed by atoms with E-state index in [4.69, 9.17) is 5.73 Å². The molecule has 4 nitrogen and oxygen atoms in total. The van der Waals surface area contributed by atoms with Crippen LogP contribution in [0.4, 0.5) is 0 Å². The molecule has 0 aliphatic heterocycles. The smallest absolute Gasteiger partial charge is 0.218 e. The molecule has 0 aromatic carbocycles. The van der Waals surface area contributed by atoms with Crippen LogP contribution in [0.15, 0.2) is 0 Å². The first kappa shape index (κ1) is 14.9. The second-order valence-electron chi connectivity index (χ2n) is 5.24. The van der Waals surface area contributed by atoms with Crippen molar-refractivity contribution in [3.05, 3.63) is 0 Å². The molecule has 1 unspecified atom stereocenters. The minimum Gasteiger partial charge on any atom is -0.329 e. The monoisotopic (exact) mass is 262 g/mol. The van der Waals surface area contributed by atoms with Gasteiger partial charge in [0, 0.05) is 19.6 Å². The fourth-order valence-corrected chi connectivity index (χ4v) is 4.31. The molecule has 1 aliphatic carbocycles. The van der Waals surface area contributed by atoms with Crippen LogP contribution in [-0.2, 0) is 10.0 Å². The average molecular weight is 262 g/mol. The van der Waals surface area contributed by atoms with Gasteiger partial charge in [-0.15, -0.1) is 0 Å². The van der Waals surface area contributed by atoms with Crippen LogP contribution >= 0.6 is 0 Å². The quantitative estimate of drug-likeness (QED) is 0.818. The van der Waals surface area contributed by atoms with Gasteiger partial charge in [0.15, 0.2) is 0 Å². The predicted molar refractivity (Wildman–Crippen MR) is 71.2 cm³/mol. The normalized spacial score (nSPS) is 28.3. The summed E-state index contributed by atoms with van der Waals surface area (Å²) >= 11 is 0. The van der Waals surface area contributed by atoms with E-state index in [1.807, 2.05) is 6.92 Å². The van der Waals surface area contributed by atoms with Gasteiger partial charge in [0.25, 0.3) is 0 Å². The third kappa shape index (κ3) is 3.42. The van der Waals surface area contributed by atoms with Crippen LogP contribution in [-0.4, -0.2) is 37.6 Å². The fraction of sp³-hybridized carbons (Fsp3) is 1.00. The van der Waals surface area contributed by atoms with Crippen LogP contribution in [0, 0.1) is 5.92 Å². The molecule has 2 N–H and O–H groups in total. The molecule has 5 heteroatoms. The first-order valence-corrected chi connectivity index (χ1v) is 8.10. The molecule has 1 saturated carbocycles. The van der Waals surface area contributed by atoms with Gasteiger partial charge in [-0.05, 0) is 38.0 Å². The highest BCUT2D eigenvalue weighted by Crippen LogP contribution is 2.28. The van der Waals surface area contributed by atoms with E-state index in [1.165, 1.54) is 0 Å². The Morgan fingerprint density at radius 2 is 1.82 bits per heavy atom. The van der Waals surface area contributed by atoms with Gasteiger partial charge in [-0.25, -0.2) is 12.7 Å². The molecule has 1 atom stereocenters. The lowest BCUT2D eigenvalue weighted by atomic mass is 9.87. The van der Waals surface area contributed by atoms with Crippen LogP contribution in [0.25, 0.3) is 0 Å². The molecule has 0 aromatic rings. The Kier molecular flexibility index (Phi) is 5.41. The molecule has 0 heterocycles. The molecule has 0 amide bonds. The first-order chi connectivity index (χ1) is 7.93. The molecule has 0 radical (unpaired) electrons. The van der Waals surface area contributed by atoms with Gasteiger partial charge in [-0.1, -0.05) is 13.8 Å². The number of nitrogens with zero attached hydrogens (tertiary/aromatic N) is 1. The van der Waals surface area contributed by atoms with E-state index in [1.54, 1.807) is 11.4 Å². The van der Waals surface area contributed by atoms with Gasteiger partial charge in [-0.3, -0.25) is 0 Å². The van der Waals surface area contributed by atoms with Crippen LogP contribution in [0.1, 0.15) is 46.0 Å². The second-order valence-corrected chi connectivity index (χ2v) is 7.51. The van der Waals surface area contributed by atoms with E-state index in [2.05, 4.69) is 6.92 Å². The molecule has 0 spiro atoms. The highest BCUT2D eigenvalue weighted by molar-refractivity contribution is 7.89. The molecule has 1 aliphatic rings. The van der Waals surface area contributed by atoms with Crippen molar-refractivity contribution in [1.82, 2.24) is 4.31 Å². The summed E-state index contributed by atoms with van der Waals surface area (Å²) in [5, 5.41) is -0.424. The van der Waals surface area contributed by atoms with Gasteiger partial charge in [0.05, 0.1) is 5.25 Å². The predicted octanol–water partition coefficient (Wildman–Crippen LogP) is 1.56. The maximum absolute atomic E-state index is 12.3. The lowest BCUT2D eigenvalue weighted by molar-refractivity contribution is 0.244. The van der Waals surface area contributed by atoms with Crippen molar-refractivity contribution in [1.29, 1.82) is 0 Å². The number of hydrogen-bond acceptors (Lipinski definition) is 3. The SMILES string of the molecule is CCC(CN)S(=O)(=O)N(C)C1CCC(C)CC1. The van der Waals surface area contributed by atoms with E-state index in [-0.39, 0.29) is 12.6 Å². The number of nitrogens with two attached hydrogens (primary N) is 1. The molecule has 0 aromatic heterocycles. The summed E-state index contributed by atoms with van der Waals surface area (Å²) in [6.07, 6.45) is 4.82. The highest BCUT2D eigenvalue weighted by atomic mass is 32.2. The van der Waals surface area contributed by atoms with Crippen molar-refractivity contribution in [3.8, 4) is 0 Å². The minimum absolute atomic E-state index is 0.178. The van der Waals surface area contributed by atoms with Gasteiger partial charge >= 0.3 is 0 Å². The number of rotatable bonds is 5. The van der Waals surface area contributed by atoms with Crippen molar-refractivity contribution >= 4 is 10.0 Å². The zero-order valence-corrected chi connectivity index (χ0v) is 12.0. The third-order valence-electron chi connectivity index (χ3n) is 4.04. The van der Waals surface area contributed by atoms with Crippen LogP contribution in [0.5, 0.6) is 0 Å². The van der Waals surface area contributed by atoms with Crippen LogP contribution in [0.2, 0.25) is 0 Å². The Labute approximate surface area is 106 Å². The largest absolute Gasteiger partial charge is 0.329 e. The van der Waals surface area contributed by atoms with E-state index in [0.717, 1.165) is 31.6 Å². The molecular formula is C12H26N2O2S. The summed E-state index contributed by atoms with van der Waals surface area (Å²) in [5.41, 5.74) is 5.55. The van der Waals surface area contributed by atoms with E-state index in [0.29, 0.717) is 6.42 Å². The summed E-state index contributed by atoms with van der Waals surface area (Å²) in [4.78, 5) is 0. The molecule has 102 valence electrons. The maximum Gasteiger partial charge on any atom is 0.218 e. The van der Waals surface area contributed by atoms with Crippen molar-refractivity contribution in [2.24, 2.45) is 11.7 Å². The van der Waals surface area contributed by atoms with Gasteiger partial charge in [-0.2, -0.15) is 0 Å². The third-order valence-corrected chi connectivity index (χ3v) is 6.51. The summed E-state index contributed by atoms with van der Waals surface area (Å²) in [7, 11) is -1.49. The zero-order chi connectivity index (χ0) is 13.1. The Bertz CT molecular complexity index is 317. The second kappa shape index (κ2) is 6.16. The Morgan fingerprint density at radius 3 is 2.24 bits per heavy atom. The number of hydrogen-bond donors (Lipinski definition) is 1. The molecule has 0 bridgehead atoms.